The number of anilines is 1. The summed E-state index contributed by atoms with van der Waals surface area (Å²) in [5, 5.41) is 3.06. The lowest BCUT2D eigenvalue weighted by molar-refractivity contribution is -0.120. The van der Waals surface area contributed by atoms with E-state index in [0.717, 1.165) is 21.0 Å². The van der Waals surface area contributed by atoms with Crippen molar-refractivity contribution in [3.63, 3.8) is 0 Å². The second-order valence-electron chi connectivity index (χ2n) is 9.56. The topological polar surface area (TPSA) is 75.7 Å². The number of nitrogens with one attached hydrogen (secondary N) is 1. The lowest BCUT2D eigenvalue weighted by Crippen LogP contribution is -2.42. The number of ether oxygens (including phenoxy) is 1. The van der Waals surface area contributed by atoms with Crippen LogP contribution in [0.2, 0.25) is 0 Å². The number of amides is 1. The second kappa shape index (κ2) is 12.5. The molecule has 5 aromatic carbocycles. The van der Waals surface area contributed by atoms with Crippen molar-refractivity contribution in [1.29, 1.82) is 0 Å². The van der Waals surface area contributed by atoms with E-state index in [9.17, 15) is 13.2 Å². The molecule has 7 heteroatoms. The van der Waals surface area contributed by atoms with Crippen molar-refractivity contribution in [2.45, 2.75) is 17.9 Å². The molecular weight excluding hydrogens is 532 g/mol. The van der Waals surface area contributed by atoms with E-state index in [-0.39, 0.29) is 4.90 Å². The molecule has 0 fully saturated rings. The maximum absolute atomic E-state index is 13.9. The summed E-state index contributed by atoms with van der Waals surface area (Å²) in [5.41, 5.74) is 3.06. The molecule has 6 nitrogen and oxygen atoms in total. The molecule has 0 spiro atoms. The monoisotopic (exact) mass is 562 g/mol. The largest absolute Gasteiger partial charge is 0.457 e. The summed E-state index contributed by atoms with van der Waals surface area (Å²) < 4.78 is 34.8. The van der Waals surface area contributed by atoms with Gasteiger partial charge in [0.1, 0.15) is 18.0 Å². The Hall–Kier alpha value is -4.88. The molecule has 0 bridgehead atoms. The van der Waals surface area contributed by atoms with Gasteiger partial charge in [-0.1, -0.05) is 96.6 Å². The van der Waals surface area contributed by atoms with Crippen LogP contribution in [-0.2, 0) is 14.8 Å². The molecule has 0 unspecified atom stereocenters. The average molecular weight is 563 g/mol. The number of carbonyl (C=O) groups is 1. The number of hydrogen-bond acceptors (Lipinski definition) is 4. The van der Waals surface area contributed by atoms with E-state index in [1.54, 1.807) is 48.5 Å². The minimum atomic E-state index is -4.07. The maximum Gasteiger partial charge on any atom is 0.264 e. The Bertz CT molecular complexity index is 1640. The zero-order valence-electron chi connectivity index (χ0n) is 22.6. The van der Waals surface area contributed by atoms with Gasteiger partial charge in [0.2, 0.25) is 5.91 Å². The Morgan fingerprint density at radius 3 is 1.71 bits per heavy atom. The molecule has 0 aliphatic heterocycles. The fraction of sp³-hybridized carbons (Fsp3) is 0.0882. The molecule has 0 aromatic heterocycles. The molecule has 41 heavy (non-hydrogen) atoms. The van der Waals surface area contributed by atoms with E-state index in [1.165, 1.54) is 0 Å². The zero-order valence-corrected chi connectivity index (χ0v) is 23.4. The van der Waals surface area contributed by atoms with Gasteiger partial charge in [0, 0.05) is 0 Å². The highest BCUT2D eigenvalue weighted by atomic mass is 32.2. The Morgan fingerprint density at radius 1 is 0.683 bits per heavy atom. The number of aryl methyl sites for hydroxylation is 1. The third kappa shape index (κ3) is 6.83. The molecule has 0 aliphatic rings. The van der Waals surface area contributed by atoms with Crippen molar-refractivity contribution in [1.82, 2.24) is 5.32 Å². The van der Waals surface area contributed by atoms with Crippen molar-refractivity contribution >= 4 is 21.6 Å². The highest BCUT2D eigenvalue weighted by Gasteiger charge is 2.28. The van der Waals surface area contributed by atoms with Gasteiger partial charge in [0.15, 0.2) is 0 Å². The molecular formula is C34H30N2O4S. The van der Waals surface area contributed by atoms with Crippen LogP contribution in [-0.4, -0.2) is 20.9 Å². The average Bonchev–Trinajstić information content (AvgIpc) is 3.01. The van der Waals surface area contributed by atoms with Crippen LogP contribution in [0.25, 0.3) is 0 Å². The van der Waals surface area contributed by atoms with Gasteiger partial charge in [-0.15, -0.1) is 0 Å². The maximum atomic E-state index is 13.9. The highest BCUT2D eigenvalue weighted by molar-refractivity contribution is 7.92. The first-order valence-electron chi connectivity index (χ1n) is 13.2. The summed E-state index contributed by atoms with van der Waals surface area (Å²) in [7, 11) is -4.07. The smallest absolute Gasteiger partial charge is 0.264 e. The normalized spacial score (nSPS) is 11.2. The highest BCUT2D eigenvalue weighted by Crippen LogP contribution is 2.29. The number of sulfonamides is 1. The van der Waals surface area contributed by atoms with Gasteiger partial charge in [-0.05, 0) is 66.6 Å². The summed E-state index contributed by atoms with van der Waals surface area (Å²) in [4.78, 5) is 13.7. The molecule has 1 N–H and O–H groups in total. The van der Waals surface area contributed by atoms with Crippen LogP contribution in [0.5, 0.6) is 11.5 Å². The zero-order chi connectivity index (χ0) is 28.7. The van der Waals surface area contributed by atoms with E-state index in [0.29, 0.717) is 17.2 Å². The first-order valence-corrected chi connectivity index (χ1v) is 14.7. The van der Waals surface area contributed by atoms with Gasteiger partial charge in [-0.25, -0.2) is 8.42 Å². The van der Waals surface area contributed by atoms with Crippen molar-refractivity contribution in [2.75, 3.05) is 10.8 Å². The number of rotatable bonds is 10. The molecule has 0 saturated heterocycles. The van der Waals surface area contributed by atoms with E-state index in [2.05, 4.69) is 5.32 Å². The quantitative estimate of drug-likeness (QED) is 0.201. The lowest BCUT2D eigenvalue weighted by atomic mass is 9.99. The first-order chi connectivity index (χ1) is 19.9. The Morgan fingerprint density at radius 2 is 1.17 bits per heavy atom. The van der Waals surface area contributed by atoms with Gasteiger partial charge in [-0.2, -0.15) is 0 Å². The van der Waals surface area contributed by atoms with Crippen molar-refractivity contribution in [3.8, 4) is 11.5 Å². The van der Waals surface area contributed by atoms with Crippen molar-refractivity contribution in [2.24, 2.45) is 0 Å². The lowest BCUT2D eigenvalue weighted by Gasteiger charge is -2.26. The van der Waals surface area contributed by atoms with E-state index >= 15 is 0 Å². The summed E-state index contributed by atoms with van der Waals surface area (Å²) in [6.07, 6.45) is 0. The van der Waals surface area contributed by atoms with Crippen LogP contribution in [0.15, 0.2) is 144 Å². The number of para-hydroxylation sites is 1. The predicted octanol–water partition coefficient (Wildman–Crippen LogP) is 6.89. The third-order valence-electron chi connectivity index (χ3n) is 6.57. The van der Waals surface area contributed by atoms with Crippen LogP contribution in [0, 0.1) is 6.92 Å². The molecule has 206 valence electrons. The summed E-state index contributed by atoms with van der Waals surface area (Å²) in [6, 6.07) is 41.3. The van der Waals surface area contributed by atoms with Crippen LogP contribution >= 0.6 is 0 Å². The number of carbonyl (C=O) groups excluding carboxylic acids is 1. The minimum absolute atomic E-state index is 0.100. The molecule has 1 amide bonds. The standard InChI is InChI=1S/C34H30N2O4S/c1-26-17-23-32(24-18-26)41(38,39)36(29-19-21-31(22-20-29)40-30-15-9-4-10-16-30)25-33(37)35-34(27-11-5-2-6-12-27)28-13-7-3-8-14-28/h2-24,34H,25H2,1H3,(H,35,37). The van der Waals surface area contributed by atoms with Gasteiger partial charge in [0.25, 0.3) is 10.0 Å². The van der Waals surface area contributed by atoms with Crippen LogP contribution < -0.4 is 14.4 Å². The van der Waals surface area contributed by atoms with E-state index in [4.69, 9.17) is 4.74 Å². The minimum Gasteiger partial charge on any atom is -0.457 e. The Kier molecular flexibility index (Phi) is 8.46. The van der Waals surface area contributed by atoms with Crippen molar-refractivity contribution in [3.05, 3.63) is 156 Å². The third-order valence-corrected chi connectivity index (χ3v) is 8.36. The Balaban J connectivity index is 1.45. The first kappa shape index (κ1) is 27.7. The molecule has 0 heterocycles. The van der Waals surface area contributed by atoms with E-state index < -0.39 is 28.5 Å². The Labute approximate surface area is 240 Å². The number of hydrogen-bond donors (Lipinski definition) is 1. The van der Waals surface area contributed by atoms with Crippen molar-refractivity contribution < 1.29 is 17.9 Å². The predicted molar refractivity (Wildman–Crippen MR) is 162 cm³/mol. The fourth-order valence-corrected chi connectivity index (χ4v) is 5.87. The van der Waals surface area contributed by atoms with Gasteiger partial charge in [0.05, 0.1) is 16.6 Å². The second-order valence-corrected chi connectivity index (χ2v) is 11.4. The van der Waals surface area contributed by atoms with Gasteiger partial charge in [-0.3, -0.25) is 9.10 Å². The summed E-state index contributed by atoms with van der Waals surface area (Å²) >= 11 is 0. The molecule has 0 radical (unpaired) electrons. The molecule has 5 rings (SSSR count). The van der Waals surface area contributed by atoms with Crippen LogP contribution in [0.4, 0.5) is 5.69 Å². The molecule has 0 aliphatic carbocycles. The SMILES string of the molecule is Cc1ccc(S(=O)(=O)N(CC(=O)NC(c2ccccc2)c2ccccc2)c2ccc(Oc3ccccc3)cc2)cc1. The molecule has 5 aromatic rings. The number of nitrogens with zero attached hydrogens (tertiary/aromatic N) is 1. The van der Waals surface area contributed by atoms with Gasteiger partial charge < -0.3 is 10.1 Å². The number of benzene rings is 5. The fourth-order valence-electron chi connectivity index (χ4n) is 4.44. The molecule has 0 saturated carbocycles. The van der Waals surface area contributed by atoms with Gasteiger partial charge >= 0.3 is 0 Å². The van der Waals surface area contributed by atoms with Crippen LogP contribution in [0.3, 0.4) is 0 Å². The van der Waals surface area contributed by atoms with Crippen LogP contribution in [0.1, 0.15) is 22.7 Å². The summed E-state index contributed by atoms with van der Waals surface area (Å²) in [6.45, 7) is 1.48. The summed E-state index contributed by atoms with van der Waals surface area (Å²) in [5.74, 6) is 0.768. The molecule has 0 atom stereocenters. The van der Waals surface area contributed by atoms with E-state index in [1.807, 2.05) is 97.9 Å².